The van der Waals surface area contributed by atoms with Gasteiger partial charge in [-0.25, -0.2) is 4.98 Å². The molecule has 0 radical (unpaired) electrons. The van der Waals surface area contributed by atoms with E-state index in [2.05, 4.69) is 15.3 Å². The molecule has 70 valence electrons. The Bertz CT molecular complexity index is 298. The molecule has 0 amide bonds. The maximum atomic E-state index is 11.8. The zero-order valence-corrected chi connectivity index (χ0v) is 7.96. The van der Waals surface area contributed by atoms with E-state index in [1.807, 2.05) is 0 Å². The van der Waals surface area contributed by atoms with E-state index < -0.39 is 10.8 Å². The molecule has 0 unspecified atom stereocenters. The summed E-state index contributed by atoms with van der Waals surface area (Å²) >= 11 is 0. The summed E-state index contributed by atoms with van der Waals surface area (Å²) < 4.78 is 11.8. The summed E-state index contributed by atoms with van der Waals surface area (Å²) in [5.41, 5.74) is 0. The molecule has 13 heavy (non-hydrogen) atoms. The first kappa shape index (κ1) is 8.77. The fourth-order valence-corrected chi connectivity index (χ4v) is 2.64. The third-order valence-corrected chi connectivity index (χ3v) is 3.69. The van der Waals surface area contributed by atoms with Crippen LogP contribution in [0.5, 0.6) is 0 Å². The van der Waals surface area contributed by atoms with E-state index in [-0.39, 0.29) is 5.25 Å². The van der Waals surface area contributed by atoms with Gasteiger partial charge in [-0.15, -0.1) is 0 Å². The molecule has 2 rings (SSSR count). The molecule has 5 heteroatoms. The molecule has 1 N–H and O–H groups in total. The lowest BCUT2D eigenvalue weighted by molar-refractivity contribution is 0.668. The Kier molecular flexibility index (Phi) is 2.65. The van der Waals surface area contributed by atoms with Crippen LogP contribution in [0.1, 0.15) is 6.42 Å². The third-order valence-electron chi connectivity index (χ3n) is 2.06. The summed E-state index contributed by atoms with van der Waals surface area (Å²) in [6, 6.07) is 0. The number of rotatable bonds is 2. The van der Waals surface area contributed by atoms with Crippen molar-refractivity contribution in [3.05, 3.63) is 18.6 Å². The van der Waals surface area contributed by atoms with Crippen molar-refractivity contribution in [1.82, 2.24) is 15.3 Å². The molecular formula is C8H11N3OS. The molecule has 2 heterocycles. The van der Waals surface area contributed by atoms with Crippen LogP contribution in [0, 0.1) is 0 Å². The van der Waals surface area contributed by atoms with Gasteiger partial charge in [0.2, 0.25) is 0 Å². The van der Waals surface area contributed by atoms with Crippen molar-refractivity contribution in [3.8, 4) is 0 Å². The van der Waals surface area contributed by atoms with Gasteiger partial charge in [-0.1, -0.05) is 0 Å². The fraction of sp³-hybridized carbons (Fsp3) is 0.500. The maximum absolute atomic E-state index is 11.8. The van der Waals surface area contributed by atoms with Gasteiger partial charge in [0.05, 0.1) is 22.2 Å². The highest BCUT2D eigenvalue weighted by atomic mass is 32.2. The van der Waals surface area contributed by atoms with Crippen LogP contribution in [0.15, 0.2) is 23.6 Å². The molecule has 0 saturated carbocycles. The molecule has 1 aromatic heterocycles. The lowest BCUT2D eigenvalue weighted by Gasteiger charge is -2.05. The molecule has 0 aliphatic carbocycles. The average molecular weight is 197 g/mol. The van der Waals surface area contributed by atoms with Crippen LogP contribution in [0.4, 0.5) is 0 Å². The minimum Gasteiger partial charge on any atom is -0.315 e. The highest BCUT2D eigenvalue weighted by Gasteiger charge is 2.22. The van der Waals surface area contributed by atoms with Crippen molar-refractivity contribution >= 4 is 10.8 Å². The van der Waals surface area contributed by atoms with Gasteiger partial charge >= 0.3 is 0 Å². The second-order valence-corrected chi connectivity index (χ2v) is 4.64. The summed E-state index contributed by atoms with van der Waals surface area (Å²) in [4.78, 5) is 7.93. The first-order valence-electron chi connectivity index (χ1n) is 4.25. The van der Waals surface area contributed by atoms with Gasteiger partial charge in [0.25, 0.3) is 0 Å². The summed E-state index contributed by atoms with van der Waals surface area (Å²) in [5, 5.41) is 3.98. The van der Waals surface area contributed by atoms with Crippen molar-refractivity contribution in [1.29, 1.82) is 0 Å². The van der Waals surface area contributed by atoms with Crippen molar-refractivity contribution in [2.45, 2.75) is 16.7 Å². The molecule has 1 aliphatic rings. The molecule has 0 aromatic carbocycles. The summed E-state index contributed by atoms with van der Waals surface area (Å²) in [7, 11) is -0.995. The normalized spacial score (nSPS) is 24.5. The Morgan fingerprint density at radius 2 is 2.46 bits per heavy atom. The molecule has 2 atom stereocenters. The predicted octanol–water partition coefficient (Wildman–Crippen LogP) is -0.0539. The van der Waals surface area contributed by atoms with Crippen LogP contribution < -0.4 is 5.32 Å². The number of hydrogen-bond donors (Lipinski definition) is 1. The number of hydrogen-bond acceptors (Lipinski definition) is 4. The zero-order valence-electron chi connectivity index (χ0n) is 7.14. The lowest BCUT2D eigenvalue weighted by atomic mass is 10.4. The van der Waals surface area contributed by atoms with Crippen LogP contribution in [0.3, 0.4) is 0 Å². The topological polar surface area (TPSA) is 54.9 Å². The smallest absolute Gasteiger partial charge is 0.145 e. The van der Waals surface area contributed by atoms with Crippen LogP contribution >= 0.6 is 0 Å². The highest BCUT2D eigenvalue weighted by Crippen LogP contribution is 2.12. The van der Waals surface area contributed by atoms with E-state index >= 15 is 0 Å². The first-order chi connectivity index (χ1) is 6.38. The Balaban J connectivity index is 2.13. The van der Waals surface area contributed by atoms with Crippen molar-refractivity contribution < 1.29 is 4.21 Å². The average Bonchev–Trinajstić information content (AvgIpc) is 2.71. The number of nitrogens with one attached hydrogen (secondary N) is 1. The largest absolute Gasteiger partial charge is 0.315 e. The highest BCUT2D eigenvalue weighted by molar-refractivity contribution is 7.85. The minimum absolute atomic E-state index is 0.205. The molecule has 1 fully saturated rings. The molecule has 0 bridgehead atoms. The van der Waals surface area contributed by atoms with Crippen LogP contribution in [-0.4, -0.2) is 32.5 Å². The monoisotopic (exact) mass is 197 g/mol. The summed E-state index contributed by atoms with van der Waals surface area (Å²) in [6.07, 6.45) is 5.71. The SMILES string of the molecule is O=[S@](c1cnccn1)[C@H]1CCNC1. The van der Waals surface area contributed by atoms with Crippen molar-refractivity contribution in [3.63, 3.8) is 0 Å². The van der Waals surface area contributed by atoms with E-state index in [4.69, 9.17) is 0 Å². The van der Waals surface area contributed by atoms with Crippen molar-refractivity contribution in [2.24, 2.45) is 0 Å². The molecule has 4 nitrogen and oxygen atoms in total. The first-order valence-corrected chi connectivity index (χ1v) is 5.46. The van der Waals surface area contributed by atoms with Gasteiger partial charge < -0.3 is 5.32 Å². The van der Waals surface area contributed by atoms with Gasteiger partial charge in [0, 0.05) is 18.9 Å². The van der Waals surface area contributed by atoms with E-state index in [9.17, 15) is 4.21 Å². The summed E-state index contributed by atoms with van der Waals surface area (Å²) in [5.74, 6) is 0. The van der Waals surface area contributed by atoms with Crippen LogP contribution in [0.2, 0.25) is 0 Å². The number of nitrogens with zero attached hydrogens (tertiary/aromatic N) is 2. The fourth-order valence-electron chi connectivity index (χ4n) is 1.37. The van der Waals surface area contributed by atoms with E-state index in [1.54, 1.807) is 18.6 Å². The standard InChI is InChI=1S/C8H11N3OS/c12-13(7-1-2-9-5-7)8-6-10-3-4-11-8/h3-4,6-7,9H,1-2,5H2/t7-,13-/m0/s1. The Morgan fingerprint density at radius 3 is 3.08 bits per heavy atom. The second-order valence-electron chi connectivity index (χ2n) is 2.96. The van der Waals surface area contributed by atoms with Crippen LogP contribution in [-0.2, 0) is 10.8 Å². The Morgan fingerprint density at radius 1 is 1.54 bits per heavy atom. The summed E-state index contributed by atoms with van der Waals surface area (Å²) in [6.45, 7) is 1.78. The third kappa shape index (κ3) is 1.92. The Hall–Kier alpha value is -0.810. The second kappa shape index (κ2) is 3.93. The van der Waals surface area contributed by atoms with Crippen molar-refractivity contribution in [2.75, 3.05) is 13.1 Å². The number of aromatic nitrogens is 2. The maximum Gasteiger partial charge on any atom is 0.145 e. The lowest BCUT2D eigenvalue weighted by Crippen LogP contribution is -2.19. The van der Waals surface area contributed by atoms with E-state index in [1.165, 1.54) is 0 Å². The van der Waals surface area contributed by atoms with Gasteiger partial charge in [0.1, 0.15) is 5.03 Å². The molecular weight excluding hydrogens is 186 g/mol. The predicted molar refractivity (Wildman–Crippen MR) is 49.7 cm³/mol. The van der Waals surface area contributed by atoms with Gasteiger partial charge in [-0.05, 0) is 13.0 Å². The van der Waals surface area contributed by atoms with Gasteiger partial charge in [-0.3, -0.25) is 9.19 Å². The van der Waals surface area contributed by atoms with Crippen LogP contribution in [0.25, 0.3) is 0 Å². The molecule has 1 aliphatic heterocycles. The van der Waals surface area contributed by atoms with E-state index in [0.717, 1.165) is 19.5 Å². The van der Waals surface area contributed by atoms with Gasteiger partial charge in [-0.2, -0.15) is 0 Å². The molecule has 1 saturated heterocycles. The molecule has 0 spiro atoms. The Labute approximate surface area is 79.2 Å². The minimum atomic E-state index is -0.995. The quantitative estimate of drug-likeness (QED) is 0.722. The van der Waals surface area contributed by atoms with Gasteiger partial charge in [0.15, 0.2) is 0 Å². The zero-order chi connectivity index (χ0) is 9.10. The van der Waals surface area contributed by atoms with E-state index in [0.29, 0.717) is 5.03 Å². The molecule has 1 aromatic rings.